The number of likely N-dealkylation sites (tertiary alicyclic amines) is 1. The van der Waals surface area contributed by atoms with E-state index in [2.05, 4.69) is 5.32 Å². The molecule has 1 aromatic carbocycles. The average Bonchev–Trinajstić information content (AvgIpc) is 2.92. The summed E-state index contributed by atoms with van der Waals surface area (Å²) in [6.45, 7) is 1.64. The first kappa shape index (κ1) is 13.4. The van der Waals surface area contributed by atoms with Crippen molar-refractivity contribution in [3.63, 3.8) is 0 Å². The molecule has 1 N–H and O–H groups in total. The molecule has 0 aromatic heterocycles. The Kier molecular flexibility index (Phi) is 4.04. The van der Waals surface area contributed by atoms with E-state index in [0.29, 0.717) is 11.3 Å². The molecule has 1 aliphatic rings. The lowest BCUT2D eigenvalue weighted by Gasteiger charge is -2.16. The predicted molar refractivity (Wildman–Crippen MR) is 74.3 cm³/mol. The molecule has 19 heavy (non-hydrogen) atoms. The third-order valence-electron chi connectivity index (χ3n) is 3.18. The molecule has 0 bridgehead atoms. The zero-order valence-corrected chi connectivity index (χ0v) is 11.3. The maximum Gasteiger partial charge on any atom is 0.321 e. The van der Waals surface area contributed by atoms with Gasteiger partial charge in [0.15, 0.2) is 0 Å². The number of hydrogen-bond donors (Lipinski definition) is 1. The summed E-state index contributed by atoms with van der Waals surface area (Å²) in [4.78, 5) is 26.9. The Hall–Kier alpha value is -2.04. The van der Waals surface area contributed by atoms with Crippen molar-refractivity contribution in [2.45, 2.75) is 12.8 Å². The number of hydrogen-bond acceptors (Lipinski definition) is 2. The van der Waals surface area contributed by atoms with Crippen LogP contribution in [0.5, 0.6) is 0 Å². The van der Waals surface area contributed by atoms with Crippen LogP contribution in [0.15, 0.2) is 24.3 Å². The van der Waals surface area contributed by atoms with Gasteiger partial charge in [0.25, 0.3) is 5.91 Å². The molecule has 1 fully saturated rings. The molecular formula is C14H19N3O2. The van der Waals surface area contributed by atoms with Crippen LogP contribution in [0, 0.1) is 0 Å². The largest absolute Gasteiger partial charge is 0.345 e. The Morgan fingerprint density at radius 3 is 2.21 bits per heavy atom. The van der Waals surface area contributed by atoms with Crippen LogP contribution < -0.4 is 5.32 Å². The molecule has 0 unspecified atom stereocenters. The number of carbonyl (C=O) groups excluding carboxylic acids is 2. The maximum absolute atomic E-state index is 11.9. The van der Waals surface area contributed by atoms with E-state index in [-0.39, 0.29) is 11.9 Å². The first-order chi connectivity index (χ1) is 9.08. The highest BCUT2D eigenvalue weighted by Crippen LogP contribution is 2.14. The molecule has 0 saturated carbocycles. The second-order valence-corrected chi connectivity index (χ2v) is 4.90. The summed E-state index contributed by atoms with van der Waals surface area (Å²) in [5.74, 6) is -0.0441. The highest BCUT2D eigenvalue weighted by molar-refractivity contribution is 5.95. The zero-order valence-electron chi connectivity index (χ0n) is 11.3. The fraction of sp³-hybridized carbons (Fsp3) is 0.429. The summed E-state index contributed by atoms with van der Waals surface area (Å²) in [5, 5.41) is 2.84. The lowest BCUT2D eigenvalue weighted by molar-refractivity contribution is 0.0827. The van der Waals surface area contributed by atoms with Crippen molar-refractivity contribution in [1.82, 2.24) is 9.80 Å². The SMILES string of the molecule is CN(C)C(=O)c1ccc(NC(=O)N2CCCC2)cc1. The van der Waals surface area contributed by atoms with Crippen molar-refractivity contribution in [3.8, 4) is 0 Å². The van der Waals surface area contributed by atoms with Gasteiger partial charge in [-0.05, 0) is 37.1 Å². The number of carbonyl (C=O) groups is 2. The van der Waals surface area contributed by atoms with Crippen LogP contribution in [0.3, 0.4) is 0 Å². The van der Waals surface area contributed by atoms with E-state index in [0.717, 1.165) is 25.9 Å². The van der Waals surface area contributed by atoms with Crippen LogP contribution in [-0.2, 0) is 0 Å². The van der Waals surface area contributed by atoms with Crippen molar-refractivity contribution in [1.29, 1.82) is 0 Å². The first-order valence-electron chi connectivity index (χ1n) is 6.45. The highest BCUT2D eigenvalue weighted by Gasteiger charge is 2.17. The Morgan fingerprint density at radius 1 is 1.11 bits per heavy atom. The molecule has 5 nitrogen and oxygen atoms in total. The smallest absolute Gasteiger partial charge is 0.321 e. The second-order valence-electron chi connectivity index (χ2n) is 4.90. The highest BCUT2D eigenvalue weighted by atomic mass is 16.2. The van der Waals surface area contributed by atoms with Crippen molar-refractivity contribution in [2.75, 3.05) is 32.5 Å². The minimum Gasteiger partial charge on any atom is -0.345 e. The van der Waals surface area contributed by atoms with Crippen LogP contribution in [0.25, 0.3) is 0 Å². The molecule has 2 rings (SSSR count). The molecule has 1 saturated heterocycles. The molecule has 0 atom stereocenters. The van der Waals surface area contributed by atoms with E-state index in [4.69, 9.17) is 0 Å². The molecule has 0 spiro atoms. The number of amides is 3. The van der Waals surface area contributed by atoms with E-state index in [1.165, 1.54) is 4.90 Å². The van der Waals surface area contributed by atoms with Crippen molar-refractivity contribution in [3.05, 3.63) is 29.8 Å². The summed E-state index contributed by atoms with van der Waals surface area (Å²) in [5.41, 5.74) is 1.33. The first-order valence-corrected chi connectivity index (χ1v) is 6.45. The summed E-state index contributed by atoms with van der Waals surface area (Å²) in [6, 6.07) is 6.89. The Morgan fingerprint density at radius 2 is 1.68 bits per heavy atom. The molecule has 5 heteroatoms. The van der Waals surface area contributed by atoms with Crippen LogP contribution in [0.2, 0.25) is 0 Å². The van der Waals surface area contributed by atoms with E-state index < -0.39 is 0 Å². The zero-order chi connectivity index (χ0) is 13.8. The van der Waals surface area contributed by atoms with Gasteiger partial charge >= 0.3 is 6.03 Å². The standard InChI is InChI=1S/C14H19N3O2/c1-16(2)13(18)11-5-7-12(8-6-11)15-14(19)17-9-3-4-10-17/h5-8H,3-4,9-10H2,1-2H3,(H,15,19). The van der Waals surface area contributed by atoms with E-state index >= 15 is 0 Å². The Balaban J connectivity index is 1.98. The molecule has 0 radical (unpaired) electrons. The summed E-state index contributed by atoms with van der Waals surface area (Å²) in [6.07, 6.45) is 2.15. The van der Waals surface area contributed by atoms with Gasteiger partial charge in [-0.1, -0.05) is 0 Å². The maximum atomic E-state index is 11.9. The minimum atomic E-state index is -0.0656. The number of nitrogens with one attached hydrogen (secondary N) is 1. The van der Waals surface area contributed by atoms with Gasteiger partial charge in [-0.2, -0.15) is 0 Å². The van der Waals surface area contributed by atoms with Gasteiger partial charge in [-0.15, -0.1) is 0 Å². The van der Waals surface area contributed by atoms with Crippen molar-refractivity contribution in [2.24, 2.45) is 0 Å². The average molecular weight is 261 g/mol. The third-order valence-corrected chi connectivity index (χ3v) is 3.18. The van der Waals surface area contributed by atoms with Gasteiger partial charge in [0, 0.05) is 38.4 Å². The van der Waals surface area contributed by atoms with Gasteiger partial charge in [-0.25, -0.2) is 4.79 Å². The fourth-order valence-corrected chi connectivity index (χ4v) is 2.08. The van der Waals surface area contributed by atoms with Crippen LogP contribution >= 0.6 is 0 Å². The molecule has 0 aliphatic carbocycles. The molecule has 1 heterocycles. The van der Waals surface area contributed by atoms with Gasteiger partial charge < -0.3 is 15.1 Å². The predicted octanol–water partition coefficient (Wildman–Crippen LogP) is 2.02. The number of nitrogens with zero attached hydrogens (tertiary/aromatic N) is 2. The van der Waals surface area contributed by atoms with Crippen LogP contribution in [0.4, 0.5) is 10.5 Å². The summed E-state index contributed by atoms with van der Waals surface area (Å²) >= 11 is 0. The Bertz CT molecular complexity index is 462. The monoisotopic (exact) mass is 261 g/mol. The van der Waals surface area contributed by atoms with E-state index in [9.17, 15) is 9.59 Å². The minimum absolute atomic E-state index is 0.0441. The quantitative estimate of drug-likeness (QED) is 0.885. The van der Waals surface area contributed by atoms with E-state index in [1.54, 1.807) is 43.3 Å². The van der Waals surface area contributed by atoms with Crippen molar-refractivity contribution < 1.29 is 9.59 Å². The molecule has 1 aliphatic heterocycles. The molecular weight excluding hydrogens is 242 g/mol. The van der Waals surface area contributed by atoms with Gasteiger partial charge in [0.1, 0.15) is 0 Å². The number of benzene rings is 1. The number of urea groups is 1. The molecule has 1 aromatic rings. The van der Waals surface area contributed by atoms with Gasteiger partial charge in [0.2, 0.25) is 0 Å². The third kappa shape index (κ3) is 3.24. The summed E-state index contributed by atoms with van der Waals surface area (Å²) < 4.78 is 0. The van der Waals surface area contributed by atoms with Crippen LogP contribution in [-0.4, -0.2) is 48.9 Å². The number of rotatable bonds is 2. The fourth-order valence-electron chi connectivity index (χ4n) is 2.08. The van der Waals surface area contributed by atoms with E-state index in [1.807, 2.05) is 0 Å². The Labute approximate surface area is 113 Å². The summed E-state index contributed by atoms with van der Waals surface area (Å²) in [7, 11) is 3.43. The molecule has 102 valence electrons. The second kappa shape index (κ2) is 5.73. The topological polar surface area (TPSA) is 52.7 Å². The van der Waals surface area contributed by atoms with Crippen LogP contribution in [0.1, 0.15) is 23.2 Å². The number of anilines is 1. The normalized spacial score (nSPS) is 14.3. The lowest BCUT2D eigenvalue weighted by Crippen LogP contribution is -2.32. The van der Waals surface area contributed by atoms with Crippen molar-refractivity contribution >= 4 is 17.6 Å². The molecule has 3 amide bonds. The lowest BCUT2D eigenvalue weighted by atomic mass is 10.2. The van der Waals surface area contributed by atoms with Gasteiger partial charge in [0.05, 0.1) is 0 Å². The van der Waals surface area contributed by atoms with Gasteiger partial charge in [-0.3, -0.25) is 4.79 Å².